The van der Waals surface area contributed by atoms with Crippen molar-refractivity contribution in [1.82, 2.24) is 0 Å². The van der Waals surface area contributed by atoms with Gasteiger partial charge in [-0.05, 0) is 37.2 Å². The second kappa shape index (κ2) is 15.6. The summed E-state index contributed by atoms with van der Waals surface area (Å²) in [6, 6.07) is 0. The fourth-order valence-electron chi connectivity index (χ4n) is 1.32. The van der Waals surface area contributed by atoms with Crippen molar-refractivity contribution in [3.05, 3.63) is 24.3 Å². The zero-order valence-corrected chi connectivity index (χ0v) is 11.4. The normalized spacial score (nSPS) is 10.1. The van der Waals surface area contributed by atoms with Crippen molar-refractivity contribution in [1.29, 1.82) is 0 Å². The zero-order valence-electron chi connectivity index (χ0n) is 11.4. The summed E-state index contributed by atoms with van der Waals surface area (Å²) in [5.74, 6) is 11.2. The second-order valence-corrected chi connectivity index (χ2v) is 4.03. The number of allylic oxidation sites excluding steroid dienone is 4. The Morgan fingerprint density at radius 2 is 1.89 bits per heavy atom. The van der Waals surface area contributed by atoms with Gasteiger partial charge in [-0.15, -0.1) is 0 Å². The summed E-state index contributed by atoms with van der Waals surface area (Å²) in [7, 11) is 0. The Morgan fingerprint density at radius 1 is 1.00 bits per heavy atom. The first kappa shape index (κ1) is 16.6. The monoisotopic (exact) mass is 244 g/mol. The van der Waals surface area contributed by atoms with Crippen LogP contribution in [0.3, 0.4) is 0 Å². The molecule has 0 saturated carbocycles. The Labute approximate surface area is 112 Å². The standard InChI is InChI=1S/C17H24O/c1-2-3-4-5-6-7-8-9-10-11-12-13-14-15-16-17-18/h7-10,18H,2-6,15-17H2,1H3. The summed E-state index contributed by atoms with van der Waals surface area (Å²) in [6.07, 6.45) is 15.8. The molecule has 0 heterocycles. The van der Waals surface area contributed by atoms with Gasteiger partial charge in [-0.2, -0.15) is 0 Å². The minimum Gasteiger partial charge on any atom is -0.396 e. The van der Waals surface area contributed by atoms with Crippen LogP contribution in [-0.4, -0.2) is 11.7 Å². The average molecular weight is 244 g/mol. The van der Waals surface area contributed by atoms with Gasteiger partial charge in [0.2, 0.25) is 0 Å². The Balaban J connectivity index is 3.54. The molecule has 0 radical (unpaired) electrons. The van der Waals surface area contributed by atoms with Crippen molar-refractivity contribution in [2.45, 2.75) is 51.9 Å². The molecule has 1 nitrogen and oxygen atoms in total. The van der Waals surface area contributed by atoms with Gasteiger partial charge in [0.1, 0.15) is 0 Å². The van der Waals surface area contributed by atoms with Crippen LogP contribution in [0.5, 0.6) is 0 Å². The van der Waals surface area contributed by atoms with E-state index < -0.39 is 0 Å². The van der Waals surface area contributed by atoms with Crippen molar-refractivity contribution in [3.63, 3.8) is 0 Å². The van der Waals surface area contributed by atoms with Crippen molar-refractivity contribution >= 4 is 0 Å². The maximum absolute atomic E-state index is 8.53. The molecule has 0 spiro atoms. The Hall–Kier alpha value is -1.44. The third-order valence-electron chi connectivity index (χ3n) is 2.33. The van der Waals surface area contributed by atoms with E-state index in [2.05, 4.69) is 36.7 Å². The van der Waals surface area contributed by atoms with Crippen LogP contribution in [0.2, 0.25) is 0 Å². The van der Waals surface area contributed by atoms with E-state index >= 15 is 0 Å². The molecule has 0 aromatic carbocycles. The summed E-state index contributed by atoms with van der Waals surface area (Å²) >= 11 is 0. The molecule has 0 atom stereocenters. The van der Waals surface area contributed by atoms with Gasteiger partial charge in [0.25, 0.3) is 0 Å². The summed E-state index contributed by atoms with van der Waals surface area (Å²) in [5, 5.41) is 8.53. The van der Waals surface area contributed by atoms with Gasteiger partial charge in [-0.3, -0.25) is 0 Å². The Bertz CT molecular complexity index is 341. The first-order valence-corrected chi connectivity index (χ1v) is 6.82. The molecule has 0 aliphatic carbocycles. The van der Waals surface area contributed by atoms with Crippen molar-refractivity contribution in [2.75, 3.05) is 6.61 Å². The van der Waals surface area contributed by atoms with Gasteiger partial charge >= 0.3 is 0 Å². The van der Waals surface area contributed by atoms with Gasteiger partial charge in [-0.25, -0.2) is 0 Å². The Kier molecular flexibility index (Phi) is 14.3. The molecule has 0 rings (SSSR count). The van der Waals surface area contributed by atoms with Gasteiger partial charge in [0, 0.05) is 13.0 Å². The third kappa shape index (κ3) is 14.6. The largest absolute Gasteiger partial charge is 0.396 e. The van der Waals surface area contributed by atoms with E-state index in [9.17, 15) is 0 Å². The molecule has 0 aliphatic rings. The van der Waals surface area contributed by atoms with Gasteiger partial charge in [0.15, 0.2) is 0 Å². The van der Waals surface area contributed by atoms with E-state index in [0.29, 0.717) is 6.42 Å². The van der Waals surface area contributed by atoms with Gasteiger partial charge in [-0.1, -0.05) is 56.3 Å². The number of aliphatic hydroxyl groups is 1. The highest BCUT2D eigenvalue weighted by Crippen LogP contribution is 2.02. The highest BCUT2D eigenvalue weighted by molar-refractivity contribution is 5.31. The van der Waals surface area contributed by atoms with Gasteiger partial charge < -0.3 is 5.11 Å². The average Bonchev–Trinajstić information content (AvgIpc) is 2.39. The third-order valence-corrected chi connectivity index (χ3v) is 2.33. The number of hydrogen-bond donors (Lipinski definition) is 1. The maximum Gasteiger partial charge on any atom is 0.0440 e. The molecule has 1 N–H and O–H groups in total. The fraction of sp³-hybridized carbons (Fsp3) is 0.529. The van der Waals surface area contributed by atoms with Crippen LogP contribution >= 0.6 is 0 Å². The molecule has 18 heavy (non-hydrogen) atoms. The first-order chi connectivity index (χ1) is 8.91. The van der Waals surface area contributed by atoms with E-state index in [1.54, 1.807) is 0 Å². The predicted molar refractivity (Wildman–Crippen MR) is 78.9 cm³/mol. The summed E-state index contributed by atoms with van der Waals surface area (Å²) in [4.78, 5) is 0. The summed E-state index contributed by atoms with van der Waals surface area (Å²) in [6.45, 7) is 2.43. The number of hydrogen-bond acceptors (Lipinski definition) is 1. The zero-order chi connectivity index (χ0) is 13.3. The lowest BCUT2D eigenvalue weighted by Crippen LogP contribution is -1.77. The SMILES string of the molecule is CCCCCCC=CC=CC#CC#CCCCO. The Morgan fingerprint density at radius 3 is 2.67 bits per heavy atom. The topological polar surface area (TPSA) is 20.2 Å². The molecular formula is C17H24O. The van der Waals surface area contributed by atoms with E-state index in [-0.39, 0.29) is 6.61 Å². The van der Waals surface area contributed by atoms with Crippen molar-refractivity contribution in [3.8, 4) is 23.7 Å². The molecule has 0 aromatic heterocycles. The first-order valence-electron chi connectivity index (χ1n) is 6.82. The molecule has 0 aromatic rings. The quantitative estimate of drug-likeness (QED) is 0.390. The number of unbranched alkanes of at least 4 members (excludes halogenated alkanes) is 5. The van der Waals surface area contributed by atoms with Crippen LogP contribution < -0.4 is 0 Å². The maximum atomic E-state index is 8.53. The van der Waals surface area contributed by atoms with E-state index in [4.69, 9.17) is 5.11 Å². The number of rotatable bonds is 8. The molecule has 0 saturated heterocycles. The molecular weight excluding hydrogens is 220 g/mol. The highest BCUT2D eigenvalue weighted by atomic mass is 16.2. The minimum atomic E-state index is 0.199. The van der Waals surface area contributed by atoms with Crippen molar-refractivity contribution < 1.29 is 5.11 Å². The molecule has 98 valence electrons. The summed E-state index contributed by atoms with van der Waals surface area (Å²) in [5.41, 5.74) is 0. The molecule has 0 aliphatic heterocycles. The van der Waals surface area contributed by atoms with Crippen LogP contribution in [0.15, 0.2) is 24.3 Å². The lowest BCUT2D eigenvalue weighted by atomic mass is 10.1. The lowest BCUT2D eigenvalue weighted by Gasteiger charge is -1.92. The molecule has 0 unspecified atom stereocenters. The molecule has 1 heteroatoms. The van der Waals surface area contributed by atoms with Crippen molar-refractivity contribution in [2.24, 2.45) is 0 Å². The van der Waals surface area contributed by atoms with E-state index in [1.165, 1.54) is 25.7 Å². The minimum absolute atomic E-state index is 0.199. The lowest BCUT2D eigenvalue weighted by molar-refractivity contribution is 0.290. The van der Waals surface area contributed by atoms with Crippen LogP contribution in [0.1, 0.15) is 51.9 Å². The fourth-order valence-corrected chi connectivity index (χ4v) is 1.32. The smallest absolute Gasteiger partial charge is 0.0440 e. The van der Waals surface area contributed by atoms with Gasteiger partial charge in [0.05, 0.1) is 0 Å². The second-order valence-electron chi connectivity index (χ2n) is 4.03. The molecule has 0 fully saturated rings. The summed E-state index contributed by atoms with van der Waals surface area (Å²) < 4.78 is 0. The van der Waals surface area contributed by atoms with Crippen LogP contribution in [-0.2, 0) is 0 Å². The van der Waals surface area contributed by atoms with Crippen LogP contribution in [0.25, 0.3) is 0 Å². The van der Waals surface area contributed by atoms with E-state index in [1.807, 2.05) is 18.2 Å². The molecule has 0 bridgehead atoms. The van der Waals surface area contributed by atoms with E-state index in [0.717, 1.165) is 12.8 Å². The molecule has 0 amide bonds. The van der Waals surface area contributed by atoms with Crippen LogP contribution in [0, 0.1) is 23.7 Å². The number of aliphatic hydroxyl groups excluding tert-OH is 1. The predicted octanol–water partition coefficient (Wildman–Crippen LogP) is 3.85. The highest BCUT2D eigenvalue weighted by Gasteiger charge is 1.82. The van der Waals surface area contributed by atoms with Crippen LogP contribution in [0.4, 0.5) is 0 Å².